The predicted octanol–water partition coefficient (Wildman–Crippen LogP) is 3.94. The highest BCUT2D eigenvalue weighted by Gasteiger charge is 2.54. The first-order valence-electron chi connectivity index (χ1n) is 11.0. The van der Waals surface area contributed by atoms with Gasteiger partial charge in [-0.2, -0.15) is 0 Å². The molecule has 2 saturated heterocycles. The van der Waals surface area contributed by atoms with Crippen LogP contribution >= 0.6 is 0 Å². The molecule has 0 aromatic rings. The molecule has 146 valence electrons. The number of likely N-dealkylation sites (tertiary alicyclic amines) is 2. The summed E-state index contributed by atoms with van der Waals surface area (Å²) in [6.45, 7) is 18.5. The Labute approximate surface area is 157 Å². The van der Waals surface area contributed by atoms with E-state index >= 15 is 0 Å². The van der Waals surface area contributed by atoms with Gasteiger partial charge in [-0.1, -0.05) is 20.8 Å². The van der Waals surface area contributed by atoms with Crippen molar-refractivity contribution in [3.63, 3.8) is 0 Å². The minimum absolute atomic E-state index is 0.718. The SMILES string of the molecule is CC(C)C(C)CCN(C)C1CCN(C2CC3(C2)CN(C(C)C)C3)CC1. The van der Waals surface area contributed by atoms with Crippen LogP contribution in [0.4, 0.5) is 0 Å². The lowest BCUT2D eigenvalue weighted by atomic mass is 9.59. The minimum Gasteiger partial charge on any atom is -0.303 e. The quantitative estimate of drug-likeness (QED) is 0.689. The van der Waals surface area contributed by atoms with Crippen LogP contribution in [0.25, 0.3) is 0 Å². The van der Waals surface area contributed by atoms with Crippen molar-refractivity contribution in [2.45, 2.75) is 84.8 Å². The molecular formula is C22H43N3. The van der Waals surface area contributed by atoms with E-state index < -0.39 is 0 Å². The minimum atomic E-state index is 0.718. The van der Waals surface area contributed by atoms with Gasteiger partial charge in [0, 0.05) is 31.2 Å². The molecule has 0 N–H and O–H groups in total. The average Bonchev–Trinajstić information content (AvgIpc) is 2.49. The Bertz CT molecular complexity index is 411. The van der Waals surface area contributed by atoms with Crippen molar-refractivity contribution in [2.24, 2.45) is 17.3 Å². The molecule has 1 spiro atoms. The monoisotopic (exact) mass is 349 g/mol. The summed E-state index contributed by atoms with van der Waals surface area (Å²) in [5, 5.41) is 0. The Morgan fingerprint density at radius 3 is 2.12 bits per heavy atom. The highest BCUT2D eigenvalue weighted by atomic mass is 15.3. The standard InChI is InChI=1S/C22H43N3/c1-17(2)19(5)7-10-23(6)20-8-11-24(12-9-20)21-13-22(14-21)15-25(16-22)18(3)4/h17-21H,7-16H2,1-6H3. The van der Waals surface area contributed by atoms with E-state index in [2.05, 4.69) is 56.4 Å². The lowest BCUT2D eigenvalue weighted by Crippen LogP contribution is -2.68. The normalized spacial score (nSPS) is 27.2. The van der Waals surface area contributed by atoms with Crippen LogP contribution in [0.1, 0.15) is 66.7 Å². The van der Waals surface area contributed by atoms with Gasteiger partial charge < -0.3 is 9.80 Å². The summed E-state index contributed by atoms with van der Waals surface area (Å²) in [6, 6.07) is 2.47. The van der Waals surface area contributed by atoms with Gasteiger partial charge >= 0.3 is 0 Å². The zero-order chi connectivity index (χ0) is 18.2. The highest BCUT2D eigenvalue weighted by Crippen LogP contribution is 2.51. The second-order valence-electron chi connectivity index (χ2n) is 10.3. The molecule has 0 radical (unpaired) electrons. The van der Waals surface area contributed by atoms with Crippen molar-refractivity contribution in [2.75, 3.05) is 39.8 Å². The van der Waals surface area contributed by atoms with Crippen LogP contribution in [0.15, 0.2) is 0 Å². The third kappa shape index (κ3) is 4.42. The van der Waals surface area contributed by atoms with Crippen LogP contribution in [-0.2, 0) is 0 Å². The molecule has 3 nitrogen and oxygen atoms in total. The van der Waals surface area contributed by atoms with Crippen molar-refractivity contribution in [3.05, 3.63) is 0 Å². The second kappa shape index (κ2) is 7.86. The smallest absolute Gasteiger partial charge is 0.0117 e. The molecule has 0 aromatic heterocycles. The number of hydrogen-bond acceptors (Lipinski definition) is 3. The molecule has 1 unspecified atom stereocenters. The van der Waals surface area contributed by atoms with Gasteiger partial charge in [0.05, 0.1) is 0 Å². The number of piperidine rings is 1. The summed E-state index contributed by atoms with van der Waals surface area (Å²) < 4.78 is 0. The fourth-order valence-corrected chi connectivity index (χ4v) is 5.25. The molecular weight excluding hydrogens is 306 g/mol. The van der Waals surface area contributed by atoms with Gasteiger partial charge in [-0.05, 0) is 89.9 Å². The zero-order valence-electron chi connectivity index (χ0n) is 17.8. The van der Waals surface area contributed by atoms with E-state index in [0.717, 1.165) is 35.4 Å². The first-order chi connectivity index (χ1) is 11.8. The molecule has 2 aliphatic heterocycles. The fourth-order valence-electron chi connectivity index (χ4n) is 5.25. The number of hydrogen-bond donors (Lipinski definition) is 0. The molecule has 0 bridgehead atoms. The van der Waals surface area contributed by atoms with Crippen LogP contribution in [0.5, 0.6) is 0 Å². The second-order valence-corrected chi connectivity index (χ2v) is 10.3. The maximum atomic E-state index is 2.82. The topological polar surface area (TPSA) is 9.72 Å². The number of rotatable bonds is 7. The lowest BCUT2D eigenvalue weighted by Gasteiger charge is -2.62. The van der Waals surface area contributed by atoms with Crippen LogP contribution < -0.4 is 0 Å². The van der Waals surface area contributed by atoms with E-state index in [0.29, 0.717) is 0 Å². The first kappa shape index (κ1) is 19.6. The summed E-state index contributed by atoms with van der Waals surface area (Å²) in [7, 11) is 2.36. The summed E-state index contributed by atoms with van der Waals surface area (Å²) >= 11 is 0. The summed E-state index contributed by atoms with van der Waals surface area (Å²) in [5.41, 5.74) is 0.718. The Balaban J connectivity index is 1.33. The molecule has 0 aromatic carbocycles. The first-order valence-corrected chi connectivity index (χ1v) is 11.0. The Morgan fingerprint density at radius 2 is 1.60 bits per heavy atom. The molecule has 3 fully saturated rings. The van der Waals surface area contributed by atoms with Crippen molar-refractivity contribution in [3.8, 4) is 0 Å². The zero-order valence-corrected chi connectivity index (χ0v) is 17.8. The summed E-state index contributed by atoms with van der Waals surface area (Å²) in [6.07, 6.45) is 7.07. The summed E-state index contributed by atoms with van der Waals surface area (Å²) in [4.78, 5) is 8.13. The molecule has 2 heterocycles. The van der Waals surface area contributed by atoms with Gasteiger partial charge in [-0.3, -0.25) is 4.90 Å². The third-order valence-corrected chi connectivity index (χ3v) is 7.86. The van der Waals surface area contributed by atoms with E-state index in [1.165, 1.54) is 64.8 Å². The lowest BCUT2D eigenvalue weighted by molar-refractivity contribution is -0.124. The van der Waals surface area contributed by atoms with Crippen LogP contribution in [0, 0.1) is 17.3 Å². The third-order valence-electron chi connectivity index (χ3n) is 7.86. The van der Waals surface area contributed by atoms with Gasteiger partial charge in [-0.25, -0.2) is 0 Å². The summed E-state index contributed by atoms with van der Waals surface area (Å²) in [5.74, 6) is 1.67. The molecule has 1 saturated carbocycles. The van der Waals surface area contributed by atoms with E-state index in [9.17, 15) is 0 Å². The molecule has 3 aliphatic rings. The van der Waals surface area contributed by atoms with E-state index in [-0.39, 0.29) is 0 Å². The van der Waals surface area contributed by atoms with Crippen LogP contribution in [0.2, 0.25) is 0 Å². The van der Waals surface area contributed by atoms with Crippen molar-refractivity contribution >= 4 is 0 Å². The average molecular weight is 350 g/mol. The van der Waals surface area contributed by atoms with Gasteiger partial charge in [0.2, 0.25) is 0 Å². The van der Waals surface area contributed by atoms with E-state index in [4.69, 9.17) is 0 Å². The Kier molecular flexibility index (Phi) is 6.17. The van der Waals surface area contributed by atoms with Gasteiger partial charge in [0.15, 0.2) is 0 Å². The highest BCUT2D eigenvalue weighted by molar-refractivity contribution is 5.08. The molecule has 3 heteroatoms. The van der Waals surface area contributed by atoms with Crippen molar-refractivity contribution in [1.29, 1.82) is 0 Å². The van der Waals surface area contributed by atoms with E-state index in [1.54, 1.807) is 0 Å². The molecule has 25 heavy (non-hydrogen) atoms. The van der Waals surface area contributed by atoms with Crippen molar-refractivity contribution < 1.29 is 0 Å². The molecule has 0 amide bonds. The van der Waals surface area contributed by atoms with Crippen LogP contribution in [-0.4, -0.2) is 72.6 Å². The molecule has 1 aliphatic carbocycles. The number of nitrogens with zero attached hydrogens (tertiary/aromatic N) is 3. The van der Waals surface area contributed by atoms with Crippen LogP contribution in [0.3, 0.4) is 0 Å². The van der Waals surface area contributed by atoms with Gasteiger partial charge in [0.25, 0.3) is 0 Å². The van der Waals surface area contributed by atoms with Gasteiger partial charge in [0.1, 0.15) is 0 Å². The Hall–Kier alpha value is -0.120. The maximum absolute atomic E-state index is 2.82. The predicted molar refractivity (Wildman–Crippen MR) is 108 cm³/mol. The maximum Gasteiger partial charge on any atom is 0.0117 e. The fraction of sp³-hybridized carbons (Fsp3) is 1.00. The van der Waals surface area contributed by atoms with Gasteiger partial charge in [-0.15, -0.1) is 0 Å². The largest absolute Gasteiger partial charge is 0.303 e. The Morgan fingerprint density at radius 1 is 1.00 bits per heavy atom. The van der Waals surface area contributed by atoms with Crippen molar-refractivity contribution in [1.82, 2.24) is 14.7 Å². The van der Waals surface area contributed by atoms with E-state index in [1.807, 2.05) is 0 Å². The molecule has 3 rings (SSSR count). The molecule has 1 atom stereocenters.